The highest BCUT2D eigenvalue weighted by molar-refractivity contribution is 7.80. The number of nitrogens with zero attached hydrogens (tertiary/aromatic N) is 2. The van der Waals surface area contributed by atoms with Crippen LogP contribution in [0, 0.1) is 16.0 Å². The SMILES string of the molecule is CC1CCN(c2ccc(C(=O)NC(=S)Nc3ccc(-c4ccc(CO)o4)cc3)cc2[N+](=O)[O-])CC1. The minimum atomic E-state index is -0.534. The highest BCUT2D eigenvalue weighted by Crippen LogP contribution is 2.32. The van der Waals surface area contributed by atoms with E-state index in [0.29, 0.717) is 28.8 Å². The molecule has 1 fully saturated rings. The van der Waals surface area contributed by atoms with Crippen LogP contribution in [-0.4, -0.2) is 34.1 Å². The van der Waals surface area contributed by atoms with Gasteiger partial charge in [-0.2, -0.15) is 0 Å². The Hall–Kier alpha value is -3.76. The third-order valence-corrected chi connectivity index (χ3v) is 6.23. The van der Waals surface area contributed by atoms with E-state index in [1.165, 1.54) is 6.07 Å². The minimum Gasteiger partial charge on any atom is -0.459 e. The van der Waals surface area contributed by atoms with E-state index in [0.717, 1.165) is 31.5 Å². The number of anilines is 2. The monoisotopic (exact) mass is 494 g/mol. The molecule has 0 unspecified atom stereocenters. The van der Waals surface area contributed by atoms with Gasteiger partial charge in [0.25, 0.3) is 11.6 Å². The molecule has 0 saturated carbocycles. The quantitative estimate of drug-likeness (QED) is 0.256. The zero-order valence-corrected chi connectivity index (χ0v) is 20.0. The Labute approximate surface area is 207 Å². The molecule has 0 atom stereocenters. The molecule has 35 heavy (non-hydrogen) atoms. The highest BCUT2D eigenvalue weighted by Gasteiger charge is 2.25. The maximum absolute atomic E-state index is 12.7. The molecule has 0 spiro atoms. The zero-order valence-electron chi connectivity index (χ0n) is 19.2. The summed E-state index contributed by atoms with van der Waals surface area (Å²) in [6, 6.07) is 15.2. The number of furan rings is 1. The van der Waals surface area contributed by atoms with Crippen molar-refractivity contribution < 1.29 is 19.2 Å². The van der Waals surface area contributed by atoms with Gasteiger partial charge in [0, 0.05) is 36.0 Å². The Kier molecular flexibility index (Phi) is 7.42. The number of amides is 1. The maximum Gasteiger partial charge on any atom is 0.293 e. The van der Waals surface area contributed by atoms with Gasteiger partial charge in [-0.05, 0) is 79.5 Å². The number of hydrogen-bond acceptors (Lipinski definition) is 7. The fourth-order valence-corrected chi connectivity index (χ4v) is 4.21. The van der Waals surface area contributed by atoms with Gasteiger partial charge in [-0.15, -0.1) is 0 Å². The summed E-state index contributed by atoms with van der Waals surface area (Å²) in [5, 5.41) is 26.4. The van der Waals surface area contributed by atoms with Gasteiger partial charge in [-0.1, -0.05) is 6.92 Å². The summed E-state index contributed by atoms with van der Waals surface area (Å²) < 4.78 is 5.52. The first-order chi connectivity index (χ1) is 16.8. The van der Waals surface area contributed by atoms with E-state index in [1.54, 1.807) is 36.4 Å². The Bertz CT molecular complexity index is 1230. The van der Waals surface area contributed by atoms with Crippen molar-refractivity contribution in [3.05, 3.63) is 76.0 Å². The fourth-order valence-electron chi connectivity index (χ4n) is 4.00. The fraction of sp³-hybridized carbons (Fsp3) is 0.280. The standard InChI is InChI=1S/C25H26N4O5S/c1-16-10-12-28(13-11-16)21-8-4-18(14-22(21)29(32)33)24(31)27-25(35)26-19-5-2-17(3-6-19)23-9-7-20(15-30)34-23/h2-9,14,16,30H,10-13,15H2,1H3,(H2,26,27,31,35). The van der Waals surface area contributed by atoms with Crippen LogP contribution in [0.5, 0.6) is 0 Å². The zero-order chi connectivity index (χ0) is 24.9. The summed E-state index contributed by atoms with van der Waals surface area (Å²) in [6.45, 7) is 3.51. The Morgan fingerprint density at radius 2 is 1.89 bits per heavy atom. The molecule has 3 aromatic rings. The molecule has 1 aliphatic rings. The summed E-state index contributed by atoms with van der Waals surface area (Å²) in [7, 11) is 0. The first-order valence-corrected chi connectivity index (χ1v) is 11.7. The van der Waals surface area contributed by atoms with Gasteiger partial charge in [-0.3, -0.25) is 20.2 Å². The molecule has 1 saturated heterocycles. The molecule has 1 aliphatic heterocycles. The molecule has 2 heterocycles. The van der Waals surface area contributed by atoms with Gasteiger partial charge in [0.15, 0.2) is 5.11 Å². The Balaban J connectivity index is 1.40. The second-order valence-corrected chi connectivity index (χ2v) is 8.95. The summed E-state index contributed by atoms with van der Waals surface area (Å²) in [6.07, 6.45) is 1.96. The van der Waals surface area contributed by atoms with Crippen LogP contribution in [0.4, 0.5) is 17.1 Å². The average Bonchev–Trinajstić information content (AvgIpc) is 3.34. The lowest BCUT2D eigenvalue weighted by Gasteiger charge is -2.31. The molecule has 3 N–H and O–H groups in total. The summed E-state index contributed by atoms with van der Waals surface area (Å²) in [5.41, 5.74) is 2.06. The number of thiocarbonyl (C=S) groups is 1. The van der Waals surface area contributed by atoms with Crippen LogP contribution >= 0.6 is 12.2 Å². The molecule has 0 aliphatic carbocycles. The molecule has 0 radical (unpaired) electrons. The number of rotatable bonds is 6. The predicted molar refractivity (Wildman–Crippen MR) is 137 cm³/mol. The van der Waals surface area contributed by atoms with Gasteiger partial charge in [-0.25, -0.2) is 0 Å². The van der Waals surface area contributed by atoms with Gasteiger partial charge in [0.2, 0.25) is 0 Å². The normalized spacial score (nSPS) is 13.9. The van der Waals surface area contributed by atoms with Crippen molar-refractivity contribution in [1.82, 2.24) is 5.32 Å². The van der Waals surface area contributed by atoms with Crippen LogP contribution in [-0.2, 0) is 6.61 Å². The van der Waals surface area contributed by atoms with Crippen LogP contribution < -0.4 is 15.5 Å². The minimum absolute atomic E-state index is 0.0695. The number of benzene rings is 2. The summed E-state index contributed by atoms with van der Waals surface area (Å²) in [5.74, 6) is 1.17. The predicted octanol–water partition coefficient (Wildman–Crippen LogP) is 4.71. The van der Waals surface area contributed by atoms with E-state index in [2.05, 4.69) is 17.6 Å². The van der Waals surface area contributed by atoms with Gasteiger partial charge >= 0.3 is 0 Å². The lowest BCUT2D eigenvalue weighted by Crippen LogP contribution is -2.35. The smallest absolute Gasteiger partial charge is 0.293 e. The topological polar surface area (TPSA) is 121 Å². The van der Waals surface area contributed by atoms with Crippen molar-refractivity contribution >= 4 is 40.3 Å². The molecular formula is C25H26N4O5S. The van der Waals surface area contributed by atoms with Crippen molar-refractivity contribution in [2.75, 3.05) is 23.3 Å². The van der Waals surface area contributed by atoms with Crippen molar-refractivity contribution in [3.8, 4) is 11.3 Å². The van der Waals surface area contributed by atoms with Crippen LogP contribution in [0.25, 0.3) is 11.3 Å². The van der Waals surface area contributed by atoms with Crippen LogP contribution in [0.2, 0.25) is 0 Å². The van der Waals surface area contributed by atoms with Gasteiger partial charge in [0.05, 0.1) is 4.92 Å². The van der Waals surface area contributed by atoms with E-state index in [1.807, 2.05) is 17.0 Å². The Morgan fingerprint density at radius 3 is 2.51 bits per heavy atom. The van der Waals surface area contributed by atoms with Crippen molar-refractivity contribution in [1.29, 1.82) is 0 Å². The molecule has 0 bridgehead atoms. The second kappa shape index (κ2) is 10.7. The average molecular weight is 495 g/mol. The molecule has 2 aromatic carbocycles. The number of aliphatic hydroxyl groups is 1. The van der Waals surface area contributed by atoms with E-state index >= 15 is 0 Å². The number of carbonyl (C=O) groups excluding carboxylic acids is 1. The number of nitrogens with one attached hydrogen (secondary N) is 2. The first kappa shape index (κ1) is 24.4. The lowest BCUT2D eigenvalue weighted by atomic mass is 9.98. The molecule has 10 heteroatoms. The van der Waals surface area contributed by atoms with E-state index in [9.17, 15) is 14.9 Å². The summed E-state index contributed by atoms with van der Waals surface area (Å²) in [4.78, 5) is 26.0. The maximum atomic E-state index is 12.7. The number of carbonyl (C=O) groups is 1. The number of piperidine rings is 1. The van der Waals surface area contributed by atoms with E-state index < -0.39 is 10.8 Å². The van der Waals surface area contributed by atoms with Crippen LogP contribution in [0.15, 0.2) is 59.0 Å². The molecule has 4 rings (SSSR count). The molecule has 9 nitrogen and oxygen atoms in total. The third-order valence-electron chi connectivity index (χ3n) is 6.03. The summed E-state index contributed by atoms with van der Waals surface area (Å²) >= 11 is 5.25. The third kappa shape index (κ3) is 5.84. The molecular weight excluding hydrogens is 468 g/mol. The van der Waals surface area contributed by atoms with Crippen molar-refractivity contribution in [2.24, 2.45) is 5.92 Å². The Morgan fingerprint density at radius 1 is 1.17 bits per heavy atom. The van der Waals surface area contributed by atoms with E-state index in [4.69, 9.17) is 21.7 Å². The second-order valence-electron chi connectivity index (χ2n) is 8.54. The van der Waals surface area contributed by atoms with Crippen molar-refractivity contribution in [2.45, 2.75) is 26.4 Å². The molecule has 1 aromatic heterocycles. The number of nitro benzene ring substituents is 1. The van der Waals surface area contributed by atoms with E-state index in [-0.39, 0.29) is 23.0 Å². The van der Waals surface area contributed by atoms with Gasteiger partial charge < -0.3 is 19.7 Å². The number of hydrogen-bond donors (Lipinski definition) is 3. The van der Waals surface area contributed by atoms with Crippen molar-refractivity contribution in [3.63, 3.8) is 0 Å². The van der Waals surface area contributed by atoms with Gasteiger partial charge in [0.1, 0.15) is 23.8 Å². The number of aliphatic hydroxyl groups excluding tert-OH is 1. The largest absolute Gasteiger partial charge is 0.459 e. The van der Waals surface area contributed by atoms with Crippen LogP contribution in [0.1, 0.15) is 35.9 Å². The van der Waals surface area contributed by atoms with Crippen LogP contribution in [0.3, 0.4) is 0 Å². The molecule has 1 amide bonds. The first-order valence-electron chi connectivity index (χ1n) is 11.3. The highest BCUT2D eigenvalue weighted by atomic mass is 32.1. The number of nitro groups is 1. The molecule has 182 valence electrons. The lowest BCUT2D eigenvalue weighted by molar-refractivity contribution is -0.384.